The van der Waals surface area contributed by atoms with Crippen LogP contribution in [-0.2, 0) is 10.8 Å². The molecule has 1 heteroatoms. The largest absolute Gasteiger partial charge is 0.455 e. The minimum absolute atomic E-state index is 0.182. The smallest absolute Gasteiger partial charge is 0.139 e. The van der Waals surface area contributed by atoms with E-state index in [1.165, 1.54) is 84.0 Å². The zero-order chi connectivity index (χ0) is 22.5. The molecule has 2 aliphatic rings. The molecule has 0 saturated heterocycles. The van der Waals surface area contributed by atoms with Crippen LogP contribution in [0.3, 0.4) is 0 Å². The summed E-state index contributed by atoms with van der Waals surface area (Å²) in [4.78, 5) is 0. The molecular formula is C32H34O. The van der Waals surface area contributed by atoms with Crippen molar-refractivity contribution < 1.29 is 4.74 Å². The average Bonchev–Trinajstić information content (AvgIpc) is 3.49. The zero-order valence-corrected chi connectivity index (χ0v) is 20.0. The van der Waals surface area contributed by atoms with Crippen molar-refractivity contribution in [2.45, 2.75) is 76.0 Å². The van der Waals surface area contributed by atoms with Crippen molar-refractivity contribution in [3.63, 3.8) is 0 Å². The van der Waals surface area contributed by atoms with Crippen molar-refractivity contribution in [3.8, 4) is 11.5 Å². The van der Waals surface area contributed by atoms with E-state index >= 15 is 0 Å². The summed E-state index contributed by atoms with van der Waals surface area (Å²) in [6, 6.07) is 26.8. The molecular weight excluding hydrogens is 400 g/mol. The third-order valence-electron chi connectivity index (χ3n) is 8.68. The first-order chi connectivity index (χ1) is 16.1. The Balaban J connectivity index is 1.61. The van der Waals surface area contributed by atoms with Crippen LogP contribution in [0.25, 0.3) is 21.5 Å². The summed E-state index contributed by atoms with van der Waals surface area (Å²) >= 11 is 0. The van der Waals surface area contributed by atoms with Crippen molar-refractivity contribution in [1.29, 1.82) is 0 Å². The van der Waals surface area contributed by atoms with Crippen LogP contribution in [0.2, 0.25) is 0 Å². The van der Waals surface area contributed by atoms with Crippen LogP contribution >= 0.6 is 0 Å². The maximum Gasteiger partial charge on any atom is 0.139 e. The fraction of sp³-hybridized carbons (Fsp3) is 0.375. The first-order valence-corrected chi connectivity index (χ1v) is 12.8. The monoisotopic (exact) mass is 434 g/mol. The van der Waals surface area contributed by atoms with Gasteiger partial charge in [-0.15, -0.1) is 0 Å². The molecule has 0 bridgehead atoms. The van der Waals surface area contributed by atoms with Gasteiger partial charge in [0.15, 0.2) is 0 Å². The standard InChI is InChI=1S/C32H34O/c1-31(19-7-8-20-31)27-17-15-23-11-3-5-13-25(23)29(27)33-30-26-14-6-4-12-24(26)16-18-28(30)32(2)21-9-10-22-32/h3-6,11-18H,7-10,19-22H2,1-2H3. The summed E-state index contributed by atoms with van der Waals surface area (Å²) < 4.78 is 7.22. The average molecular weight is 435 g/mol. The quantitative estimate of drug-likeness (QED) is 0.311. The molecule has 0 aliphatic heterocycles. The van der Waals surface area contributed by atoms with Crippen LogP contribution in [0.1, 0.15) is 76.3 Å². The molecule has 0 spiro atoms. The molecule has 2 aliphatic carbocycles. The molecule has 2 saturated carbocycles. The fourth-order valence-corrected chi connectivity index (χ4v) is 6.61. The second-order valence-corrected chi connectivity index (χ2v) is 11.0. The van der Waals surface area contributed by atoms with Gasteiger partial charge >= 0.3 is 0 Å². The number of rotatable bonds is 4. The molecule has 168 valence electrons. The lowest BCUT2D eigenvalue weighted by atomic mass is 9.78. The van der Waals surface area contributed by atoms with Crippen LogP contribution < -0.4 is 4.74 Å². The minimum Gasteiger partial charge on any atom is -0.455 e. The van der Waals surface area contributed by atoms with Crippen molar-refractivity contribution in [2.75, 3.05) is 0 Å². The third kappa shape index (κ3) is 3.44. The zero-order valence-electron chi connectivity index (χ0n) is 20.0. The fourth-order valence-electron chi connectivity index (χ4n) is 6.61. The summed E-state index contributed by atoms with van der Waals surface area (Å²) in [5, 5.41) is 4.98. The highest BCUT2D eigenvalue weighted by Gasteiger charge is 2.36. The number of hydrogen-bond acceptors (Lipinski definition) is 1. The van der Waals surface area contributed by atoms with E-state index in [0.29, 0.717) is 0 Å². The van der Waals surface area contributed by atoms with Crippen LogP contribution in [0, 0.1) is 0 Å². The molecule has 4 aromatic carbocycles. The lowest BCUT2D eigenvalue weighted by Crippen LogP contribution is -2.20. The van der Waals surface area contributed by atoms with Gasteiger partial charge in [0.2, 0.25) is 0 Å². The predicted molar refractivity (Wildman–Crippen MR) is 140 cm³/mol. The Labute approximate surface area is 197 Å². The number of fused-ring (bicyclic) bond motifs is 2. The van der Waals surface area contributed by atoms with Crippen molar-refractivity contribution in [1.82, 2.24) is 0 Å². The Bertz CT molecular complexity index is 1220. The second kappa shape index (κ2) is 7.90. The van der Waals surface area contributed by atoms with Crippen molar-refractivity contribution in [2.24, 2.45) is 0 Å². The minimum atomic E-state index is 0.182. The van der Waals surface area contributed by atoms with E-state index in [1.54, 1.807) is 0 Å². The van der Waals surface area contributed by atoms with Crippen LogP contribution in [-0.4, -0.2) is 0 Å². The van der Waals surface area contributed by atoms with Gasteiger partial charge in [-0.2, -0.15) is 0 Å². The van der Waals surface area contributed by atoms with Gasteiger partial charge in [0, 0.05) is 21.9 Å². The lowest BCUT2D eigenvalue weighted by molar-refractivity contribution is 0.414. The van der Waals surface area contributed by atoms with Crippen molar-refractivity contribution in [3.05, 3.63) is 83.9 Å². The summed E-state index contributed by atoms with van der Waals surface area (Å²) in [6.07, 6.45) is 10.2. The van der Waals surface area contributed by atoms with E-state index in [4.69, 9.17) is 4.74 Å². The topological polar surface area (TPSA) is 9.23 Å². The van der Waals surface area contributed by atoms with Crippen LogP contribution in [0.4, 0.5) is 0 Å². The lowest BCUT2D eigenvalue weighted by Gasteiger charge is -2.31. The van der Waals surface area contributed by atoms with Crippen LogP contribution in [0.5, 0.6) is 11.5 Å². The van der Waals surface area contributed by atoms with Gasteiger partial charge in [-0.1, -0.05) is 112 Å². The van der Waals surface area contributed by atoms with Crippen molar-refractivity contribution >= 4 is 21.5 Å². The van der Waals surface area contributed by atoms with Gasteiger partial charge in [-0.25, -0.2) is 0 Å². The van der Waals surface area contributed by atoms with Gasteiger partial charge in [0.1, 0.15) is 11.5 Å². The Kier molecular flexibility index (Phi) is 4.98. The van der Waals surface area contributed by atoms with Gasteiger partial charge in [-0.3, -0.25) is 0 Å². The highest BCUT2D eigenvalue weighted by atomic mass is 16.5. The summed E-state index contributed by atoms with van der Waals surface area (Å²) in [5.74, 6) is 2.16. The van der Waals surface area contributed by atoms with E-state index in [9.17, 15) is 0 Å². The predicted octanol–water partition coefficient (Wildman–Crippen LogP) is 9.45. The highest BCUT2D eigenvalue weighted by molar-refractivity contribution is 5.93. The van der Waals surface area contributed by atoms with E-state index in [2.05, 4.69) is 86.6 Å². The SMILES string of the molecule is CC1(c2ccc3ccccc3c2Oc2c(C3(C)CCCC3)ccc3ccccc23)CCCC1. The Morgan fingerprint density at radius 1 is 0.515 bits per heavy atom. The van der Waals surface area contributed by atoms with Gasteiger partial charge < -0.3 is 4.74 Å². The van der Waals surface area contributed by atoms with Gasteiger partial charge in [0.25, 0.3) is 0 Å². The van der Waals surface area contributed by atoms with E-state index in [1.807, 2.05) is 0 Å². The van der Waals surface area contributed by atoms with E-state index in [0.717, 1.165) is 11.5 Å². The molecule has 0 atom stereocenters. The first kappa shape index (κ1) is 20.8. The first-order valence-electron chi connectivity index (χ1n) is 12.8. The number of hydrogen-bond donors (Lipinski definition) is 0. The molecule has 0 radical (unpaired) electrons. The number of benzene rings is 4. The summed E-state index contributed by atoms with van der Waals surface area (Å²) in [6.45, 7) is 4.89. The molecule has 33 heavy (non-hydrogen) atoms. The second-order valence-electron chi connectivity index (χ2n) is 11.0. The molecule has 0 aromatic heterocycles. The van der Waals surface area contributed by atoms with E-state index < -0.39 is 0 Å². The Hall–Kier alpha value is -2.80. The summed E-state index contributed by atoms with van der Waals surface area (Å²) in [5.41, 5.74) is 3.13. The normalized spacial score (nSPS) is 19.3. The molecule has 1 nitrogen and oxygen atoms in total. The Morgan fingerprint density at radius 2 is 0.909 bits per heavy atom. The third-order valence-corrected chi connectivity index (χ3v) is 8.68. The van der Waals surface area contributed by atoms with Gasteiger partial charge in [0.05, 0.1) is 0 Å². The maximum atomic E-state index is 7.22. The summed E-state index contributed by atoms with van der Waals surface area (Å²) in [7, 11) is 0. The highest BCUT2D eigenvalue weighted by Crippen LogP contribution is 2.51. The Morgan fingerprint density at radius 3 is 1.33 bits per heavy atom. The van der Waals surface area contributed by atoms with Gasteiger partial charge in [-0.05, 0) is 47.3 Å². The molecule has 0 unspecified atom stereocenters. The number of ether oxygens (including phenoxy) is 1. The van der Waals surface area contributed by atoms with Crippen LogP contribution in [0.15, 0.2) is 72.8 Å². The molecule has 0 amide bonds. The molecule has 2 fully saturated rings. The maximum absolute atomic E-state index is 7.22. The van der Waals surface area contributed by atoms with E-state index in [-0.39, 0.29) is 10.8 Å². The molecule has 0 heterocycles. The molecule has 4 aromatic rings. The molecule has 0 N–H and O–H groups in total. The molecule has 6 rings (SSSR count).